The molecule has 1 aromatic carbocycles. The molecule has 0 atom stereocenters. The second kappa shape index (κ2) is 3.78. The number of aromatic nitrogens is 2. The minimum Gasteiger partial charge on any atom is -0.478 e. The Morgan fingerprint density at radius 3 is 2.47 bits per heavy atom. The van der Waals surface area contributed by atoms with Crippen molar-refractivity contribution < 1.29 is 9.90 Å². The van der Waals surface area contributed by atoms with Gasteiger partial charge in [-0.15, -0.1) is 5.10 Å². The molecule has 76 valence electrons. The fourth-order valence-corrected chi connectivity index (χ4v) is 1.92. The van der Waals surface area contributed by atoms with E-state index in [1.165, 1.54) is 11.5 Å². The lowest BCUT2D eigenvalue weighted by Gasteiger charge is -1.98. The van der Waals surface area contributed by atoms with Gasteiger partial charge in [-0.25, -0.2) is 4.79 Å². The van der Waals surface area contributed by atoms with Crippen molar-refractivity contribution >= 4 is 17.5 Å². The summed E-state index contributed by atoms with van der Waals surface area (Å²) < 4.78 is 3.83. The minimum absolute atomic E-state index is 0.286. The van der Waals surface area contributed by atoms with Crippen molar-refractivity contribution in [1.82, 2.24) is 9.59 Å². The minimum atomic E-state index is -0.916. The summed E-state index contributed by atoms with van der Waals surface area (Å²) in [5.74, 6) is -0.916. The third-order valence-corrected chi connectivity index (χ3v) is 2.92. The first-order chi connectivity index (χ1) is 7.18. The molecule has 0 aliphatic rings. The Hall–Kier alpha value is -1.75. The maximum Gasteiger partial charge on any atom is 0.335 e. The average Bonchev–Trinajstić information content (AvgIpc) is 2.65. The Morgan fingerprint density at radius 2 is 2.00 bits per heavy atom. The average molecular weight is 220 g/mol. The van der Waals surface area contributed by atoms with Crippen LogP contribution in [0, 0.1) is 6.92 Å². The van der Waals surface area contributed by atoms with Crippen molar-refractivity contribution in [2.24, 2.45) is 0 Å². The van der Waals surface area contributed by atoms with Crippen LogP contribution in [-0.2, 0) is 0 Å². The molecule has 5 heteroatoms. The van der Waals surface area contributed by atoms with E-state index in [-0.39, 0.29) is 5.56 Å². The lowest BCUT2D eigenvalue weighted by atomic mass is 10.1. The summed E-state index contributed by atoms with van der Waals surface area (Å²) in [5.41, 5.74) is 2.10. The molecule has 0 radical (unpaired) electrons. The van der Waals surface area contributed by atoms with Crippen molar-refractivity contribution in [2.45, 2.75) is 6.92 Å². The molecule has 15 heavy (non-hydrogen) atoms. The summed E-state index contributed by atoms with van der Waals surface area (Å²) in [6, 6.07) is 6.70. The summed E-state index contributed by atoms with van der Waals surface area (Å²) >= 11 is 1.31. The highest BCUT2D eigenvalue weighted by molar-refractivity contribution is 7.09. The molecule has 2 aromatic rings. The number of hydrogen-bond acceptors (Lipinski definition) is 4. The molecule has 0 saturated carbocycles. The monoisotopic (exact) mass is 220 g/mol. The summed E-state index contributed by atoms with van der Waals surface area (Å²) in [6.07, 6.45) is 0. The number of carboxylic acids is 1. The molecule has 2 rings (SSSR count). The van der Waals surface area contributed by atoms with Crippen LogP contribution in [0.4, 0.5) is 0 Å². The van der Waals surface area contributed by atoms with Crippen LogP contribution in [0.1, 0.15) is 16.1 Å². The Bertz CT molecular complexity index is 490. The van der Waals surface area contributed by atoms with E-state index in [1.54, 1.807) is 24.3 Å². The lowest BCUT2D eigenvalue weighted by molar-refractivity contribution is 0.0697. The summed E-state index contributed by atoms with van der Waals surface area (Å²) in [5, 5.41) is 12.6. The molecule has 1 aromatic heterocycles. The van der Waals surface area contributed by atoms with Crippen molar-refractivity contribution in [1.29, 1.82) is 0 Å². The number of carboxylic acid groups (broad SMARTS) is 1. The third-order valence-electron chi connectivity index (χ3n) is 2.05. The SMILES string of the molecule is Cc1nnsc1-c1ccc(C(=O)O)cc1. The quantitative estimate of drug-likeness (QED) is 0.842. The Kier molecular flexibility index (Phi) is 2.47. The molecule has 0 amide bonds. The molecule has 0 saturated heterocycles. The van der Waals surface area contributed by atoms with Crippen LogP contribution in [-0.4, -0.2) is 20.7 Å². The number of rotatable bonds is 2. The Morgan fingerprint density at radius 1 is 1.33 bits per heavy atom. The van der Waals surface area contributed by atoms with E-state index in [2.05, 4.69) is 9.59 Å². The molecule has 0 unspecified atom stereocenters. The lowest BCUT2D eigenvalue weighted by Crippen LogP contribution is -1.94. The maximum absolute atomic E-state index is 10.6. The van der Waals surface area contributed by atoms with Gasteiger partial charge in [-0.05, 0) is 36.2 Å². The molecule has 0 aliphatic carbocycles. The van der Waals surface area contributed by atoms with Gasteiger partial charge in [0.05, 0.1) is 16.1 Å². The standard InChI is InChI=1S/C10H8N2O2S/c1-6-9(15-12-11-6)7-2-4-8(5-3-7)10(13)14/h2-5H,1H3,(H,13,14). The van der Waals surface area contributed by atoms with Gasteiger partial charge in [-0.1, -0.05) is 16.6 Å². The maximum atomic E-state index is 10.6. The molecule has 4 nitrogen and oxygen atoms in total. The van der Waals surface area contributed by atoms with E-state index >= 15 is 0 Å². The summed E-state index contributed by atoms with van der Waals surface area (Å²) in [6.45, 7) is 1.88. The number of hydrogen-bond donors (Lipinski definition) is 1. The predicted molar refractivity (Wildman–Crippen MR) is 57.0 cm³/mol. The highest BCUT2D eigenvalue weighted by Gasteiger charge is 2.07. The fourth-order valence-electron chi connectivity index (χ4n) is 1.26. The Labute approximate surface area is 90.4 Å². The van der Waals surface area contributed by atoms with Crippen LogP contribution in [0.5, 0.6) is 0 Å². The zero-order valence-electron chi connectivity index (χ0n) is 7.97. The van der Waals surface area contributed by atoms with Gasteiger partial charge in [-0.2, -0.15) is 0 Å². The zero-order chi connectivity index (χ0) is 10.8. The van der Waals surface area contributed by atoms with Crippen LogP contribution in [0.15, 0.2) is 24.3 Å². The van der Waals surface area contributed by atoms with E-state index in [9.17, 15) is 4.79 Å². The summed E-state index contributed by atoms with van der Waals surface area (Å²) in [4.78, 5) is 11.6. The smallest absolute Gasteiger partial charge is 0.335 e. The van der Waals surface area contributed by atoms with E-state index in [0.717, 1.165) is 16.1 Å². The van der Waals surface area contributed by atoms with Gasteiger partial charge in [0.1, 0.15) is 0 Å². The highest BCUT2D eigenvalue weighted by atomic mass is 32.1. The van der Waals surface area contributed by atoms with Crippen LogP contribution in [0.2, 0.25) is 0 Å². The highest BCUT2D eigenvalue weighted by Crippen LogP contribution is 2.25. The van der Waals surface area contributed by atoms with Gasteiger partial charge >= 0.3 is 5.97 Å². The van der Waals surface area contributed by atoms with Crippen LogP contribution >= 0.6 is 11.5 Å². The van der Waals surface area contributed by atoms with Gasteiger partial charge < -0.3 is 5.11 Å². The van der Waals surface area contributed by atoms with Crippen molar-refractivity contribution in [3.63, 3.8) is 0 Å². The van der Waals surface area contributed by atoms with Gasteiger partial charge in [0.15, 0.2) is 0 Å². The fraction of sp³-hybridized carbons (Fsp3) is 0.100. The number of carbonyl (C=O) groups is 1. The third kappa shape index (κ3) is 1.87. The second-order valence-corrected chi connectivity index (χ2v) is 3.82. The van der Waals surface area contributed by atoms with Crippen molar-refractivity contribution in [3.8, 4) is 10.4 Å². The van der Waals surface area contributed by atoms with E-state index in [0.29, 0.717) is 0 Å². The van der Waals surface area contributed by atoms with Crippen LogP contribution in [0.25, 0.3) is 10.4 Å². The molecule has 1 N–H and O–H groups in total. The van der Waals surface area contributed by atoms with Gasteiger partial charge in [0, 0.05) is 0 Å². The first-order valence-corrected chi connectivity index (χ1v) is 5.08. The Balaban J connectivity index is 2.40. The molecular weight excluding hydrogens is 212 g/mol. The number of aromatic carboxylic acids is 1. The van der Waals surface area contributed by atoms with E-state index in [1.807, 2.05) is 6.92 Å². The molecule has 0 aliphatic heterocycles. The topological polar surface area (TPSA) is 63.1 Å². The van der Waals surface area contributed by atoms with Crippen LogP contribution < -0.4 is 0 Å². The van der Waals surface area contributed by atoms with Gasteiger partial charge in [-0.3, -0.25) is 0 Å². The number of benzene rings is 1. The summed E-state index contributed by atoms with van der Waals surface area (Å²) in [7, 11) is 0. The van der Waals surface area contributed by atoms with Crippen molar-refractivity contribution in [3.05, 3.63) is 35.5 Å². The molecule has 0 bridgehead atoms. The predicted octanol–water partition coefficient (Wildman–Crippen LogP) is 2.21. The van der Waals surface area contributed by atoms with Gasteiger partial charge in [0.25, 0.3) is 0 Å². The van der Waals surface area contributed by atoms with Crippen molar-refractivity contribution in [2.75, 3.05) is 0 Å². The largest absolute Gasteiger partial charge is 0.478 e. The second-order valence-electron chi connectivity index (χ2n) is 3.07. The van der Waals surface area contributed by atoms with E-state index in [4.69, 9.17) is 5.11 Å². The van der Waals surface area contributed by atoms with E-state index < -0.39 is 5.97 Å². The normalized spacial score (nSPS) is 10.2. The van der Waals surface area contributed by atoms with Gasteiger partial charge in [0.2, 0.25) is 0 Å². The van der Waals surface area contributed by atoms with Crippen LogP contribution in [0.3, 0.4) is 0 Å². The number of nitrogens with zero attached hydrogens (tertiary/aromatic N) is 2. The zero-order valence-corrected chi connectivity index (χ0v) is 8.78. The first kappa shape index (κ1) is 9.79. The molecule has 0 fully saturated rings. The number of aryl methyl sites for hydroxylation is 1. The molecule has 1 heterocycles. The molecule has 0 spiro atoms. The first-order valence-electron chi connectivity index (χ1n) is 4.31. The molecular formula is C10H8N2O2S.